The minimum Gasteiger partial charge on any atom is -0.496 e. The predicted octanol–water partition coefficient (Wildman–Crippen LogP) is 3.86. The SMILES string of the molecule is COc1ccccc1[C@@H]1CC(c2ccc(F)cc2)=NN1C(=O)CN(CCN1CCOCC1)C(=O)C1CCCC1. The monoisotopic (exact) mass is 536 g/mol. The Balaban J connectivity index is 1.39. The van der Waals surface area contributed by atoms with Gasteiger partial charge in [0, 0.05) is 44.1 Å². The van der Waals surface area contributed by atoms with Gasteiger partial charge in [0.15, 0.2) is 0 Å². The van der Waals surface area contributed by atoms with Crippen molar-refractivity contribution in [2.75, 3.05) is 53.0 Å². The molecule has 2 aromatic carbocycles. The number of carbonyl (C=O) groups excluding carboxylic acids is 2. The summed E-state index contributed by atoms with van der Waals surface area (Å²) in [5, 5.41) is 6.24. The number of nitrogens with zero attached hydrogens (tertiary/aromatic N) is 4. The largest absolute Gasteiger partial charge is 0.496 e. The zero-order valence-electron chi connectivity index (χ0n) is 22.6. The quantitative estimate of drug-likeness (QED) is 0.487. The smallest absolute Gasteiger partial charge is 0.262 e. The van der Waals surface area contributed by atoms with E-state index in [4.69, 9.17) is 14.6 Å². The number of benzene rings is 2. The number of rotatable bonds is 9. The molecule has 2 aliphatic heterocycles. The fourth-order valence-electron chi connectivity index (χ4n) is 5.76. The minimum atomic E-state index is -0.392. The lowest BCUT2D eigenvalue weighted by atomic mass is 9.97. The molecular weight excluding hydrogens is 499 g/mol. The number of hydrazone groups is 1. The number of ether oxygens (including phenoxy) is 2. The maximum atomic E-state index is 13.9. The molecule has 0 aromatic heterocycles. The number of hydrogen-bond donors (Lipinski definition) is 0. The van der Waals surface area contributed by atoms with Gasteiger partial charge < -0.3 is 14.4 Å². The van der Waals surface area contributed by atoms with Crippen LogP contribution in [0.2, 0.25) is 0 Å². The third-order valence-electron chi connectivity index (χ3n) is 7.97. The molecule has 9 heteroatoms. The topological polar surface area (TPSA) is 74.7 Å². The maximum Gasteiger partial charge on any atom is 0.262 e. The first kappa shape index (κ1) is 27.3. The zero-order chi connectivity index (χ0) is 27.2. The fourth-order valence-corrected chi connectivity index (χ4v) is 5.76. The van der Waals surface area contributed by atoms with Crippen molar-refractivity contribution in [1.82, 2.24) is 14.8 Å². The van der Waals surface area contributed by atoms with Crippen LogP contribution in [0.3, 0.4) is 0 Å². The third kappa shape index (κ3) is 6.47. The molecule has 3 aliphatic rings. The zero-order valence-corrected chi connectivity index (χ0v) is 22.6. The van der Waals surface area contributed by atoms with Gasteiger partial charge in [-0.15, -0.1) is 0 Å². The number of methoxy groups -OCH3 is 1. The summed E-state index contributed by atoms with van der Waals surface area (Å²) in [5.74, 6) is 0.139. The van der Waals surface area contributed by atoms with Crippen LogP contribution in [0.4, 0.5) is 4.39 Å². The van der Waals surface area contributed by atoms with Crippen LogP contribution in [0, 0.1) is 11.7 Å². The standard InChI is InChI=1S/C30H37FN4O4/c1-38-28-9-5-4-8-25(28)27-20-26(22-10-12-24(31)13-11-22)32-35(27)29(36)21-34(30(37)23-6-2-3-7-23)15-14-33-16-18-39-19-17-33/h4-5,8-13,23,27H,2-3,6-7,14-21H2,1H3/t27-/m0/s1. The first-order chi connectivity index (χ1) is 19.0. The first-order valence-corrected chi connectivity index (χ1v) is 13.9. The summed E-state index contributed by atoms with van der Waals surface area (Å²) < 4.78 is 24.7. The molecule has 1 atom stereocenters. The van der Waals surface area contributed by atoms with Crippen molar-refractivity contribution in [3.05, 3.63) is 65.5 Å². The number of para-hydroxylation sites is 1. The Morgan fingerprint density at radius 3 is 2.51 bits per heavy atom. The van der Waals surface area contributed by atoms with Crippen LogP contribution >= 0.6 is 0 Å². The number of hydrogen-bond acceptors (Lipinski definition) is 6. The van der Waals surface area contributed by atoms with Crippen LogP contribution in [-0.2, 0) is 14.3 Å². The molecule has 0 N–H and O–H groups in total. The Morgan fingerprint density at radius 2 is 1.79 bits per heavy atom. The van der Waals surface area contributed by atoms with E-state index < -0.39 is 6.04 Å². The van der Waals surface area contributed by atoms with Crippen LogP contribution in [0.1, 0.15) is 49.3 Å². The molecule has 5 rings (SSSR count). The van der Waals surface area contributed by atoms with E-state index in [0.29, 0.717) is 44.2 Å². The lowest BCUT2D eigenvalue weighted by Gasteiger charge is -2.32. The van der Waals surface area contributed by atoms with E-state index in [-0.39, 0.29) is 30.1 Å². The van der Waals surface area contributed by atoms with Crippen molar-refractivity contribution in [3.63, 3.8) is 0 Å². The summed E-state index contributed by atoms with van der Waals surface area (Å²) in [6.07, 6.45) is 4.31. The molecule has 0 unspecified atom stereocenters. The summed E-state index contributed by atoms with van der Waals surface area (Å²) in [5.41, 5.74) is 2.30. The Morgan fingerprint density at radius 1 is 1.08 bits per heavy atom. The second kappa shape index (κ2) is 12.7. The van der Waals surface area contributed by atoms with Gasteiger partial charge in [0.25, 0.3) is 5.91 Å². The normalized spacial score (nSPS) is 20.2. The molecule has 2 amide bonds. The summed E-state index contributed by atoms with van der Waals surface area (Å²) in [7, 11) is 1.61. The van der Waals surface area contributed by atoms with Gasteiger partial charge in [0.1, 0.15) is 18.1 Å². The molecule has 8 nitrogen and oxygen atoms in total. The molecule has 0 radical (unpaired) electrons. The van der Waals surface area contributed by atoms with Crippen molar-refractivity contribution in [2.24, 2.45) is 11.0 Å². The fraction of sp³-hybridized carbons (Fsp3) is 0.500. The molecule has 1 aliphatic carbocycles. The highest BCUT2D eigenvalue weighted by atomic mass is 19.1. The third-order valence-corrected chi connectivity index (χ3v) is 7.97. The summed E-state index contributed by atoms with van der Waals surface area (Å²) >= 11 is 0. The van der Waals surface area contributed by atoms with E-state index in [1.54, 1.807) is 24.1 Å². The van der Waals surface area contributed by atoms with Crippen LogP contribution in [0.15, 0.2) is 53.6 Å². The second-order valence-electron chi connectivity index (χ2n) is 10.4. The molecule has 2 aromatic rings. The molecule has 208 valence electrons. The predicted molar refractivity (Wildman–Crippen MR) is 146 cm³/mol. The van der Waals surface area contributed by atoms with Crippen molar-refractivity contribution in [2.45, 2.75) is 38.1 Å². The summed E-state index contributed by atoms with van der Waals surface area (Å²) in [4.78, 5) is 31.5. The minimum absolute atomic E-state index is 0.0237. The molecule has 0 spiro atoms. The van der Waals surface area contributed by atoms with Gasteiger partial charge in [0.2, 0.25) is 5.91 Å². The highest BCUT2D eigenvalue weighted by Gasteiger charge is 2.37. The Bertz CT molecular complexity index is 1180. The number of halogens is 1. The van der Waals surface area contributed by atoms with Crippen molar-refractivity contribution < 1.29 is 23.5 Å². The van der Waals surface area contributed by atoms with Gasteiger partial charge in [-0.25, -0.2) is 9.40 Å². The first-order valence-electron chi connectivity index (χ1n) is 13.9. The van der Waals surface area contributed by atoms with Crippen molar-refractivity contribution in [3.8, 4) is 5.75 Å². The summed E-state index contributed by atoms with van der Waals surface area (Å²) in [6, 6.07) is 13.4. The number of carbonyl (C=O) groups is 2. The van der Waals surface area contributed by atoms with Gasteiger partial charge in [-0.3, -0.25) is 14.5 Å². The molecule has 2 heterocycles. The molecule has 0 bridgehead atoms. The van der Waals surface area contributed by atoms with E-state index in [9.17, 15) is 14.0 Å². The van der Waals surface area contributed by atoms with E-state index in [1.165, 1.54) is 17.1 Å². The number of amides is 2. The average molecular weight is 537 g/mol. The maximum absolute atomic E-state index is 13.9. The van der Waals surface area contributed by atoms with E-state index in [2.05, 4.69) is 4.90 Å². The van der Waals surface area contributed by atoms with Crippen LogP contribution in [0.5, 0.6) is 5.75 Å². The van der Waals surface area contributed by atoms with Crippen LogP contribution in [0.25, 0.3) is 0 Å². The highest BCUT2D eigenvalue weighted by Crippen LogP contribution is 2.37. The van der Waals surface area contributed by atoms with Gasteiger partial charge >= 0.3 is 0 Å². The molecule has 39 heavy (non-hydrogen) atoms. The highest BCUT2D eigenvalue weighted by molar-refractivity contribution is 6.03. The van der Waals surface area contributed by atoms with Gasteiger partial charge in [-0.2, -0.15) is 5.10 Å². The molecule has 1 saturated heterocycles. The lowest BCUT2D eigenvalue weighted by molar-refractivity contribution is -0.144. The molecular formula is C30H37FN4O4. The van der Waals surface area contributed by atoms with Gasteiger partial charge in [-0.05, 0) is 36.6 Å². The van der Waals surface area contributed by atoms with E-state index >= 15 is 0 Å². The molecule has 1 saturated carbocycles. The van der Waals surface area contributed by atoms with Crippen molar-refractivity contribution in [1.29, 1.82) is 0 Å². The average Bonchev–Trinajstić information content (AvgIpc) is 3.67. The van der Waals surface area contributed by atoms with Crippen LogP contribution < -0.4 is 4.74 Å². The Labute approximate surface area is 229 Å². The second-order valence-corrected chi connectivity index (χ2v) is 10.4. The van der Waals surface area contributed by atoms with Gasteiger partial charge in [-0.1, -0.05) is 43.2 Å². The Kier molecular flexibility index (Phi) is 8.88. The summed E-state index contributed by atoms with van der Waals surface area (Å²) in [6.45, 7) is 4.18. The van der Waals surface area contributed by atoms with E-state index in [1.807, 2.05) is 24.3 Å². The number of morpholine rings is 1. The van der Waals surface area contributed by atoms with Crippen LogP contribution in [-0.4, -0.2) is 85.4 Å². The Hall–Kier alpha value is -3.30. The molecule has 2 fully saturated rings. The van der Waals surface area contributed by atoms with Crippen molar-refractivity contribution >= 4 is 17.5 Å². The van der Waals surface area contributed by atoms with E-state index in [0.717, 1.165) is 49.9 Å². The van der Waals surface area contributed by atoms with Gasteiger partial charge in [0.05, 0.1) is 32.1 Å². The lowest BCUT2D eigenvalue weighted by Crippen LogP contribution is -2.48.